The van der Waals surface area contributed by atoms with Crippen LogP contribution in [-0.2, 0) is 11.0 Å². The Hall–Kier alpha value is -1.56. The summed E-state index contributed by atoms with van der Waals surface area (Å²) >= 11 is 5.12. The minimum atomic E-state index is -4.60. The van der Waals surface area contributed by atoms with E-state index in [9.17, 15) is 22.8 Å². The third-order valence-corrected chi connectivity index (χ3v) is 1.98. The van der Waals surface area contributed by atoms with Crippen molar-refractivity contribution < 1.29 is 27.5 Å². The van der Waals surface area contributed by atoms with E-state index in [1.54, 1.807) is 0 Å². The first-order chi connectivity index (χ1) is 7.71. The summed E-state index contributed by atoms with van der Waals surface area (Å²) in [5, 5.41) is -1.13. The van der Waals surface area contributed by atoms with Crippen molar-refractivity contribution in [2.75, 3.05) is 0 Å². The molecule has 7 heteroatoms. The molecule has 1 aromatic rings. The Morgan fingerprint density at radius 2 is 1.88 bits per heavy atom. The summed E-state index contributed by atoms with van der Waals surface area (Å²) in [4.78, 5) is 21.6. The standard InChI is InChI=1S/C10H6ClF3O3/c1-5(15)17-8-3-2-6(10(12,13)14)4-7(8)9(11)16/h2-4H,1H3. The fourth-order valence-electron chi connectivity index (χ4n) is 1.10. The van der Waals surface area contributed by atoms with Crippen LogP contribution in [0.5, 0.6) is 5.75 Å². The third-order valence-electron chi connectivity index (χ3n) is 1.77. The van der Waals surface area contributed by atoms with Crippen LogP contribution in [0.3, 0.4) is 0 Å². The van der Waals surface area contributed by atoms with E-state index >= 15 is 0 Å². The number of carbonyl (C=O) groups excluding carboxylic acids is 2. The number of benzene rings is 1. The number of hydrogen-bond acceptors (Lipinski definition) is 3. The highest BCUT2D eigenvalue weighted by Gasteiger charge is 2.32. The molecule has 0 spiro atoms. The van der Waals surface area contributed by atoms with E-state index in [2.05, 4.69) is 4.74 Å². The lowest BCUT2D eigenvalue weighted by atomic mass is 10.1. The maximum absolute atomic E-state index is 12.4. The van der Waals surface area contributed by atoms with Crippen molar-refractivity contribution in [1.82, 2.24) is 0 Å². The normalized spacial score (nSPS) is 11.1. The second kappa shape index (κ2) is 4.75. The van der Waals surface area contributed by atoms with Gasteiger partial charge in [-0.1, -0.05) is 0 Å². The molecule has 92 valence electrons. The zero-order valence-corrected chi connectivity index (χ0v) is 9.22. The molecule has 1 aromatic carbocycles. The van der Waals surface area contributed by atoms with Crippen LogP contribution in [0.2, 0.25) is 0 Å². The molecular weight excluding hydrogens is 261 g/mol. The van der Waals surface area contributed by atoms with Crippen molar-refractivity contribution in [1.29, 1.82) is 0 Å². The van der Waals surface area contributed by atoms with Gasteiger partial charge < -0.3 is 4.74 Å². The zero-order valence-electron chi connectivity index (χ0n) is 8.47. The summed E-state index contributed by atoms with van der Waals surface area (Å²) < 4.78 is 41.7. The van der Waals surface area contributed by atoms with E-state index in [4.69, 9.17) is 11.6 Å². The van der Waals surface area contributed by atoms with Crippen LogP contribution in [0.4, 0.5) is 13.2 Å². The van der Waals surface area contributed by atoms with Crippen LogP contribution in [0.1, 0.15) is 22.8 Å². The van der Waals surface area contributed by atoms with Gasteiger partial charge in [0.1, 0.15) is 5.75 Å². The zero-order chi connectivity index (χ0) is 13.2. The minimum absolute atomic E-state index is 0.300. The number of hydrogen-bond donors (Lipinski definition) is 0. The van der Waals surface area contributed by atoms with Gasteiger partial charge in [0.25, 0.3) is 5.24 Å². The molecule has 0 unspecified atom stereocenters. The Morgan fingerprint density at radius 1 is 1.29 bits per heavy atom. The van der Waals surface area contributed by atoms with Crippen LogP contribution >= 0.6 is 11.6 Å². The predicted octanol–water partition coefficient (Wildman–Crippen LogP) is 3.01. The monoisotopic (exact) mass is 266 g/mol. The lowest BCUT2D eigenvalue weighted by molar-refractivity contribution is -0.137. The average molecular weight is 267 g/mol. The van der Waals surface area contributed by atoms with Gasteiger partial charge in [-0.2, -0.15) is 13.2 Å². The first kappa shape index (κ1) is 13.5. The highest BCUT2D eigenvalue weighted by Crippen LogP contribution is 2.33. The largest absolute Gasteiger partial charge is 0.426 e. The molecule has 0 saturated heterocycles. The molecule has 17 heavy (non-hydrogen) atoms. The highest BCUT2D eigenvalue weighted by atomic mass is 35.5. The van der Waals surface area contributed by atoms with E-state index in [0.717, 1.165) is 13.0 Å². The number of carbonyl (C=O) groups is 2. The van der Waals surface area contributed by atoms with Gasteiger partial charge in [0.2, 0.25) is 0 Å². The van der Waals surface area contributed by atoms with Crippen LogP contribution in [-0.4, -0.2) is 11.2 Å². The SMILES string of the molecule is CC(=O)Oc1ccc(C(F)(F)F)cc1C(=O)Cl. The Kier molecular flexibility index (Phi) is 3.77. The van der Waals surface area contributed by atoms with Crippen molar-refractivity contribution in [3.63, 3.8) is 0 Å². The van der Waals surface area contributed by atoms with Crippen LogP contribution in [0, 0.1) is 0 Å². The smallest absolute Gasteiger partial charge is 0.416 e. The van der Waals surface area contributed by atoms with Gasteiger partial charge in [-0.15, -0.1) is 0 Å². The Morgan fingerprint density at radius 3 is 2.29 bits per heavy atom. The Bertz CT molecular complexity index is 468. The van der Waals surface area contributed by atoms with Gasteiger partial charge in [0.05, 0.1) is 11.1 Å². The van der Waals surface area contributed by atoms with E-state index in [0.29, 0.717) is 12.1 Å². The fourth-order valence-corrected chi connectivity index (χ4v) is 1.25. The lowest BCUT2D eigenvalue weighted by Gasteiger charge is -2.10. The summed E-state index contributed by atoms with van der Waals surface area (Å²) in [5.74, 6) is -1.06. The lowest BCUT2D eigenvalue weighted by Crippen LogP contribution is -2.09. The third kappa shape index (κ3) is 3.45. The van der Waals surface area contributed by atoms with Gasteiger partial charge in [-0.25, -0.2) is 0 Å². The molecule has 0 aliphatic heterocycles. The van der Waals surface area contributed by atoms with Crippen LogP contribution < -0.4 is 4.74 Å². The second-order valence-electron chi connectivity index (χ2n) is 3.08. The summed E-state index contributed by atoms with van der Waals surface area (Å²) in [5.41, 5.74) is -1.55. The summed E-state index contributed by atoms with van der Waals surface area (Å²) in [7, 11) is 0. The number of halogens is 4. The van der Waals surface area contributed by atoms with Crippen LogP contribution in [0.25, 0.3) is 0 Å². The first-order valence-electron chi connectivity index (χ1n) is 4.31. The fraction of sp³-hybridized carbons (Fsp3) is 0.200. The molecule has 0 bridgehead atoms. The van der Waals surface area contributed by atoms with Crippen molar-refractivity contribution in [2.45, 2.75) is 13.1 Å². The molecule has 0 radical (unpaired) electrons. The molecular formula is C10H6ClF3O3. The Labute approximate surface area is 99.1 Å². The quantitative estimate of drug-likeness (QED) is 0.469. The van der Waals surface area contributed by atoms with Gasteiger partial charge in [-0.05, 0) is 29.8 Å². The molecule has 0 N–H and O–H groups in total. The summed E-state index contributed by atoms with van der Waals surface area (Å²) in [6, 6.07) is 2.11. The number of alkyl halides is 3. The molecule has 3 nitrogen and oxygen atoms in total. The number of rotatable bonds is 2. The molecule has 0 fully saturated rings. The highest BCUT2D eigenvalue weighted by molar-refractivity contribution is 6.68. The van der Waals surface area contributed by atoms with E-state index in [-0.39, 0.29) is 5.75 Å². The minimum Gasteiger partial charge on any atom is -0.426 e. The summed E-state index contributed by atoms with van der Waals surface area (Å²) in [6.45, 7) is 1.06. The van der Waals surface area contributed by atoms with E-state index in [1.165, 1.54) is 0 Å². The van der Waals surface area contributed by atoms with Crippen LogP contribution in [0.15, 0.2) is 18.2 Å². The molecule has 0 aliphatic rings. The number of ether oxygens (including phenoxy) is 1. The van der Waals surface area contributed by atoms with Gasteiger partial charge in [-0.3, -0.25) is 9.59 Å². The van der Waals surface area contributed by atoms with E-state index in [1.807, 2.05) is 0 Å². The average Bonchev–Trinajstić information content (AvgIpc) is 2.15. The molecule has 0 amide bonds. The first-order valence-corrected chi connectivity index (χ1v) is 4.69. The van der Waals surface area contributed by atoms with Crippen molar-refractivity contribution >= 4 is 22.8 Å². The van der Waals surface area contributed by atoms with Crippen molar-refractivity contribution in [3.05, 3.63) is 29.3 Å². The van der Waals surface area contributed by atoms with Crippen molar-refractivity contribution in [2.24, 2.45) is 0 Å². The summed E-state index contributed by atoms with van der Waals surface area (Å²) in [6.07, 6.45) is -4.60. The Balaban J connectivity index is 3.27. The molecule has 0 atom stereocenters. The maximum atomic E-state index is 12.4. The number of esters is 1. The van der Waals surface area contributed by atoms with Crippen molar-refractivity contribution in [3.8, 4) is 5.75 Å². The maximum Gasteiger partial charge on any atom is 0.416 e. The second-order valence-corrected chi connectivity index (χ2v) is 3.42. The van der Waals surface area contributed by atoms with Gasteiger partial charge in [0, 0.05) is 6.92 Å². The van der Waals surface area contributed by atoms with E-state index < -0.39 is 28.5 Å². The topological polar surface area (TPSA) is 43.4 Å². The predicted molar refractivity (Wildman–Crippen MR) is 52.9 cm³/mol. The molecule has 0 saturated carbocycles. The van der Waals surface area contributed by atoms with Gasteiger partial charge in [0.15, 0.2) is 0 Å². The molecule has 0 aliphatic carbocycles. The molecule has 0 heterocycles. The molecule has 1 rings (SSSR count). The van der Waals surface area contributed by atoms with Gasteiger partial charge >= 0.3 is 12.1 Å². The molecule has 0 aromatic heterocycles.